The number of hydrogen-bond acceptors (Lipinski definition) is 4. The quantitative estimate of drug-likeness (QED) is 0.204. The van der Waals surface area contributed by atoms with Crippen molar-refractivity contribution >= 4 is 17.1 Å². The molecule has 4 heteroatoms. The average Bonchev–Trinajstić information content (AvgIpc) is 3.08. The molecule has 0 atom stereocenters. The van der Waals surface area contributed by atoms with Gasteiger partial charge in [0, 0.05) is 27.8 Å². The third-order valence-electron chi connectivity index (χ3n) is 9.18. The molecule has 0 saturated carbocycles. The number of aromatic nitrogens is 1. The lowest BCUT2D eigenvalue weighted by Gasteiger charge is -2.42. The van der Waals surface area contributed by atoms with Gasteiger partial charge < -0.3 is 4.90 Å². The first-order chi connectivity index (χ1) is 22.3. The van der Waals surface area contributed by atoms with E-state index < -0.39 is 0 Å². The van der Waals surface area contributed by atoms with Gasteiger partial charge in [-0.3, -0.25) is 0 Å². The highest BCUT2D eigenvalue weighted by atomic mass is 15.2. The van der Waals surface area contributed by atoms with Crippen LogP contribution in [0.25, 0.3) is 33.6 Å². The number of anilines is 3. The maximum absolute atomic E-state index is 10.7. The molecular weight excluding hydrogens is 560 g/mol. The van der Waals surface area contributed by atoms with Gasteiger partial charge in [-0.15, -0.1) is 0 Å². The summed E-state index contributed by atoms with van der Waals surface area (Å²) in [6.45, 7) is 8.72. The lowest BCUT2D eigenvalue weighted by molar-refractivity contribution is 0.632. The number of hydrogen-bond donors (Lipinski definition) is 0. The molecule has 1 aliphatic rings. The van der Waals surface area contributed by atoms with Crippen LogP contribution in [0.15, 0.2) is 121 Å². The summed E-state index contributed by atoms with van der Waals surface area (Å²) in [5, 5.41) is 21.4. The van der Waals surface area contributed by atoms with Gasteiger partial charge in [0.25, 0.3) is 0 Å². The number of aryl methyl sites for hydroxylation is 2. The van der Waals surface area contributed by atoms with Crippen LogP contribution < -0.4 is 4.90 Å². The standard InChI is InChI=1S/C42H32N4/c1-27-23-31(46-36-21-13-11-19-34(36)42(3,4)35-20-12-14-22-37(35)46)24-28(2)38(27)39-32(25-43)40(29-15-7-5-8-16-29)45-41(33(39)26-44)30-17-9-6-10-18-30/h5-24H,1-4H3. The molecule has 0 amide bonds. The second-order valence-corrected chi connectivity index (χ2v) is 12.3. The molecule has 0 fully saturated rings. The Morgan fingerprint density at radius 1 is 0.565 bits per heavy atom. The molecule has 2 heterocycles. The normalized spacial score (nSPS) is 12.9. The second-order valence-electron chi connectivity index (χ2n) is 12.3. The molecule has 0 N–H and O–H groups in total. The molecule has 4 nitrogen and oxygen atoms in total. The molecule has 7 rings (SSSR count). The number of rotatable bonds is 4. The van der Waals surface area contributed by atoms with Crippen molar-refractivity contribution in [2.45, 2.75) is 33.1 Å². The van der Waals surface area contributed by atoms with Crippen LogP contribution in [-0.4, -0.2) is 4.98 Å². The summed E-state index contributed by atoms with van der Waals surface area (Å²) in [6, 6.07) is 46.0. The van der Waals surface area contributed by atoms with Crippen molar-refractivity contribution in [3.8, 4) is 45.8 Å². The van der Waals surface area contributed by atoms with Crippen molar-refractivity contribution in [1.29, 1.82) is 10.5 Å². The maximum Gasteiger partial charge on any atom is 0.102 e. The van der Waals surface area contributed by atoms with Gasteiger partial charge in [-0.2, -0.15) is 10.5 Å². The van der Waals surface area contributed by atoms with E-state index >= 15 is 0 Å². The highest BCUT2D eigenvalue weighted by Gasteiger charge is 2.37. The van der Waals surface area contributed by atoms with Crippen molar-refractivity contribution in [3.05, 3.63) is 155 Å². The first kappa shape index (κ1) is 28.8. The summed E-state index contributed by atoms with van der Waals surface area (Å²) in [4.78, 5) is 7.34. The Morgan fingerprint density at radius 2 is 0.978 bits per heavy atom. The molecule has 0 bridgehead atoms. The smallest absolute Gasteiger partial charge is 0.102 e. The van der Waals surface area contributed by atoms with E-state index in [9.17, 15) is 10.5 Å². The van der Waals surface area contributed by atoms with Crippen LogP contribution in [0.5, 0.6) is 0 Å². The average molecular weight is 593 g/mol. The van der Waals surface area contributed by atoms with Gasteiger partial charge in [0.2, 0.25) is 0 Å². The topological polar surface area (TPSA) is 63.7 Å². The zero-order chi connectivity index (χ0) is 32.0. The molecule has 1 aromatic heterocycles. The highest BCUT2D eigenvalue weighted by Crippen LogP contribution is 2.52. The zero-order valence-electron chi connectivity index (χ0n) is 26.3. The van der Waals surface area contributed by atoms with Crippen LogP contribution in [0, 0.1) is 36.5 Å². The largest absolute Gasteiger partial charge is 0.310 e. The van der Waals surface area contributed by atoms with Crippen molar-refractivity contribution in [3.63, 3.8) is 0 Å². The van der Waals surface area contributed by atoms with Crippen LogP contribution in [0.4, 0.5) is 17.1 Å². The summed E-state index contributed by atoms with van der Waals surface area (Å²) in [5.74, 6) is 0. The third-order valence-corrected chi connectivity index (χ3v) is 9.18. The van der Waals surface area contributed by atoms with E-state index in [0.29, 0.717) is 28.1 Å². The predicted molar refractivity (Wildman–Crippen MR) is 186 cm³/mol. The van der Waals surface area contributed by atoms with E-state index in [0.717, 1.165) is 44.9 Å². The van der Waals surface area contributed by atoms with Crippen molar-refractivity contribution < 1.29 is 0 Å². The van der Waals surface area contributed by atoms with E-state index in [2.05, 4.69) is 105 Å². The molecule has 46 heavy (non-hydrogen) atoms. The minimum Gasteiger partial charge on any atom is -0.310 e. The van der Waals surface area contributed by atoms with Gasteiger partial charge in [-0.25, -0.2) is 4.98 Å². The molecule has 0 saturated heterocycles. The number of para-hydroxylation sites is 2. The number of pyridine rings is 1. The fraction of sp³-hybridized carbons (Fsp3) is 0.119. The first-order valence-corrected chi connectivity index (χ1v) is 15.4. The minimum absolute atomic E-state index is 0.157. The predicted octanol–water partition coefficient (Wildman–Crippen LogP) is 10.6. The Labute approximate surface area is 270 Å². The van der Waals surface area contributed by atoms with E-state index in [4.69, 9.17) is 4.98 Å². The summed E-state index contributed by atoms with van der Waals surface area (Å²) < 4.78 is 0. The monoisotopic (exact) mass is 592 g/mol. The van der Waals surface area contributed by atoms with E-state index in [1.165, 1.54) is 11.1 Å². The Bertz CT molecular complexity index is 2070. The summed E-state index contributed by atoms with van der Waals surface area (Å²) in [7, 11) is 0. The molecule has 0 radical (unpaired) electrons. The Hall–Kier alpha value is -5.97. The van der Waals surface area contributed by atoms with Crippen molar-refractivity contribution in [2.24, 2.45) is 0 Å². The second kappa shape index (κ2) is 11.2. The van der Waals surface area contributed by atoms with E-state index in [1.54, 1.807) is 0 Å². The Balaban J connectivity index is 1.51. The summed E-state index contributed by atoms with van der Waals surface area (Å²) in [6.07, 6.45) is 0. The fourth-order valence-corrected chi connectivity index (χ4v) is 7.07. The van der Waals surface area contributed by atoms with Gasteiger partial charge in [0.05, 0.1) is 33.9 Å². The molecule has 0 spiro atoms. The molecule has 1 aliphatic heterocycles. The number of nitriles is 2. The Morgan fingerprint density at radius 3 is 1.41 bits per heavy atom. The van der Waals surface area contributed by atoms with Gasteiger partial charge in [-0.1, -0.05) is 111 Å². The van der Waals surface area contributed by atoms with Crippen molar-refractivity contribution in [1.82, 2.24) is 4.98 Å². The lowest BCUT2D eigenvalue weighted by atomic mass is 9.73. The molecule has 0 aliphatic carbocycles. The summed E-state index contributed by atoms with van der Waals surface area (Å²) >= 11 is 0. The van der Waals surface area contributed by atoms with E-state index in [1.807, 2.05) is 60.7 Å². The minimum atomic E-state index is -0.157. The van der Waals surface area contributed by atoms with Gasteiger partial charge in [0.1, 0.15) is 12.1 Å². The first-order valence-electron chi connectivity index (χ1n) is 15.4. The van der Waals surface area contributed by atoms with Crippen LogP contribution in [0.1, 0.15) is 47.2 Å². The van der Waals surface area contributed by atoms with Crippen LogP contribution >= 0.6 is 0 Å². The van der Waals surface area contributed by atoms with Crippen LogP contribution in [-0.2, 0) is 5.41 Å². The van der Waals surface area contributed by atoms with Gasteiger partial charge >= 0.3 is 0 Å². The summed E-state index contributed by atoms with van der Waals surface area (Å²) in [5.41, 5.74) is 12.8. The van der Waals surface area contributed by atoms with E-state index in [-0.39, 0.29) is 5.41 Å². The third kappa shape index (κ3) is 4.47. The SMILES string of the molecule is Cc1cc(N2c3ccccc3C(C)(C)c3ccccc32)cc(C)c1-c1c(C#N)c(-c2ccccc2)nc(-c2ccccc2)c1C#N. The van der Waals surface area contributed by atoms with Crippen LogP contribution in [0.3, 0.4) is 0 Å². The van der Waals surface area contributed by atoms with Crippen LogP contribution in [0.2, 0.25) is 0 Å². The molecule has 0 unspecified atom stereocenters. The maximum atomic E-state index is 10.7. The number of fused-ring (bicyclic) bond motifs is 2. The zero-order valence-corrected chi connectivity index (χ0v) is 26.3. The molecule has 5 aromatic carbocycles. The number of benzene rings is 5. The van der Waals surface area contributed by atoms with Crippen molar-refractivity contribution in [2.75, 3.05) is 4.90 Å². The Kier molecular flexibility index (Phi) is 7.00. The molecule has 220 valence electrons. The highest BCUT2D eigenvalue weighted by molar-refractivity contribution is 5.93. The number of nitrogens with zero attached hydrogens (tertiary/aromatic N) is 4. The van der Waals surface area contributed by atoms with Gasteiger partial charge in [0.15, 0.2) is 0 Å². The molecular formula is C42H32N4. The lowest BCUT2D eigenvalue weighted by Crippen LogP contribution is -2.30. The fourth-order valence-electron chi connectivity index (χ4n) is 7.07. The van der Waals surface area contributed by atoms with Gasteiger partial charge in [-0.05, 0) is 65.9 Å². The molecule has 6 aromatic rings.